The molecule has 1 heterocycles. The van der Waals surface area contributed by atoms with E-state index in [1.54, 1.807) is 30.6 Å². The van der Waals surface area contributed by atoms with Crippen LogP contribution in [-0.4, -0.2) is 34.9 Å². The predicted molar refractivity (Wildman–Crippen MR) is 81.0 cm³/mol. The number of hydrogen-bond donors (Lipinski definition) is 3. The number of amides is 1. The lowest BCUT2D eigenvalue weighted by molar-refractivity contribution is 0.0680. The quantitative estimate of drug-likeness (QED) is 0.781. The summed E-state index contributed by atoms with van der Waals surface area (Å²) in [5.74, 6) is 0. The van der Waals surface area contributed by atoms with Gasteiger partial charge < -0.3 is 20.3 Å². The van der Waals surface area contributed by atoms with Crippen molar-refractivity contribution >= 4 is 6.09 Å². The van der Waals surface area contributed by atoms with E-state index in [9.17, 15) is 15.0 Å². The highest BCUT2D eigenvalue weighted by atomic mass is 16.6. The van der Waals surface area contributed by atoms with Crippen LogP contribution in [0.3, 0.4) is 0 Å². The molecule has 3 N–H and O–H groups in total. The highest BCUT2D eigenvalue weighted by molar-refractivity contribution is 5.68. The van der Waals surface area contributed by atoms with Crippen LogP contribution >= 0.6 is 0 Å². The summed E-state index contributed by atoms with van der Waals surface area (Å²) in [6, 6.07) is 8.99. The molecule has 0 spiro atoms. The van der Waals surface area contributed by atoms with Crippen molar-refractivity contribution in [2.75, 3.05) is 13.7 Å². The van der Waals surface area contributed by atoms with Gasteiger partial charge in [0.25, 0.3) is 0 Å². The summed E-state index contributed by atoms with van der Waals surface area (Å²) in [5.41, 5.74) is 2.73. The Bertz CT molecular complexity index is 631. The Balaban J connectivity index is 2.31. The molecule has 0 aliphatic carbocycles. The smallest absolute Gasteiger partial charge is 0.406 e. The average Bonchev–Trinajstić information content (AvgIpc) is 2.59. The zero-order valence-corrected chi connectivity index (χ0v) is 12.2. The van der Waals surface area contributed by atoms with E-state index in [1.807, 2.05) is 12.1 Å². The Labute approximate surface area is 128 Å². The van der Waals surface area contributed by atoms with Crippen LogP contribution in [0.1, 0.15) is 17.2 Å². The number of rotatable bonds is 5. The topological polar surface area (TPSA) is 91.7 Å². The highest BCUT2D eigenvalue weighted by Crippen LogP contribution is 2.29. The van der Waals surface area contributed by atoms with E-state index in [2.05, 4.69) is 10.3 Å². The standard InChI is InChI=1S/C16H18N2O4/c1-17-16(21)22-10-15(20)13-6-2-5-12(14(13)9-19)11-4-3-7-18-8-11/h2-8,15,19-20H,9-10H2,1H3,(H,17,21). The molecule has 0 radical (unpaired) electrons. The van der Waals surface area contributed by atoms with Crippen molar-refractivity contribution in [1.29, 1.82) is 0 Å². The van der Waals surface area contributed by atoms with E-state index in [1.165, 1.54) is 7.05 Å². The van der Waals surface area contributed by atoms with Crippen LogP contribution < -0.4 is 5.32 Å². The molecule has 1 aromatic carbocycles. The fourth-order valence-electron chi connectivity index (χ4n) is 2.20. The van der Waals surface area contributed by atoms with Gasteiger partial charge in [-0.25, -0.2) is 4.79 Å². The number of aliphatic hydroxyl groups is 2. The van der Waals surface area contributed by atoms with Crippen LogP contribution in [0.4, 0.5) is 4.79 Å². The number of benzene rings is 1. The molecule has 0 fully saturated rings. The largest absolute Gasteiger partial charge is 0.446 e. The molecule has 6 nitrogen and oxygen atoms in total. The molecule has 1 amide bonds. The lowest BCUT2D eigenvalue weighted by Gasteiger charge is -2.17. The first-order valence-corrected chi connectivity index (χ1v) is 6.83. The van der Waals surface area contributed by atoms with Gasteiger partial charge in [0.05, 0.1) is 6.61 Å². The third-order valence-electron chi connectivity index (χ3n) is 3.28. The van der Waals surface area contributed by atoms with Crippen molar-refractivity contribution in [2.45, 2.75) is 12.7 Å². The molecule has 22 heavy (non-hydrogen) atoms. The van der Waals surface area contributed by atoms with Gasteiger partial charge in [0.1, 0.15) is 12.7 Å². The van der Waals surface area contributed by atoms with Crippen molar-refractivity contribution in [3.63, 3.8) is 0 Å². The van der Waals surface area contributed by atoms with Gasteiger partial charge in [0.2, 0.25) is 0 Å². The number of hydrogen-bond acceptors (Lipinski definition) is 5. The van der Waals surface area contributed by atoms with Crippen molar-refractivity contribution in [3.05, 3.63) is 53.9 Å². The van der Waals surface area contributed by atoms with Crippen molar-refractivity contribution < 1.29 is 19.7 Å². The second-order valence-corrected chi connectivity index (χ2v) is 4.64. The minimum Gasteiger partial charge on any atom is -0.446 e. The first kappa shape index (κ1) is 15.9. The molecule has 6 heteroatoms. The van der Waals surface area contributed by atoms with Crippen LogP contribution in [0, 0.1) is 0 Å². The molecule has 0 bridgehead atoms. The van der Waals surface area contributed by atoms with Gasteiger partial charge in [-0.15, -0.1) is 0 Å². The van der Waals surface area contributed by atoms with Gasteiger partial charge in [-0.1, -0.05) is 24.3 Å². The highest BCUT2D eigenvalue weighted by Gasteiger charge is 2.17. The van der Waals surface area contributed by atoms with Crippen LogP contribution in [0.2, 0.25) is 0 Å². The number of nitrogens with zero attached hydrogens (tertiary/aromatic N) is 1. The van der Waals surface area contributed by atoms with Gasteiger partial charge >= 0.3 is 6.09 Å². The molecular formula is C16H18N2O4. The first-order chi connectivity index (χ1) is 10.7. The SMILES string of the molecule is CNC(=O)OCC(O)c1cccc(-c2cccnc2)c1CO. The summed E-state index contributed by atoms with van der Waals surface area (Å²) in [4.78, 5) is 15.1. The van der Waals surface area contributed by atoms with Crippen LogP contribution in [0.25, 0.3) is 11.1 Å². The number of carbonyl (C=O) groups is 1. The van der Waals surface area contributed by atoms with Crippen LogP contribution in [0.15, 0.2) is 42.7 Å². The van der Waals surface area contributed by atoms with Gasteiger partial charge in [0, 0.05) is 25.0 Å². The monoisotopic (exact) mass is 302 g/mol. The number of aliphatic hydroxyl groups excluding tert-OH is 2. The summed E-state index contributed by atoms with van der Waals surface area (Å²) < 4.78 is 4.86. The average molecular weight is 302 g/mol. The molecule has 2 aromatic rings. The Morgan fingerprint density at radius 2 is 2.18 bits per heavy atom. The van der Waals surface area contributed by atoms with Crippen LogP contribution in [-0.2, 0) is 11.3 Å². The summed E-state index contributed by atoms with van der Waals surface area (Å²) >= 11 is 0. The normalized spacial score (nSPS) is 11.8. The number of aromatic nitrogens is 1. The third kappa shape index (κ3) is 3.60. The predicted octanol–water partition coefficient (Wildman–Crippen LogP) is 1.63. The van der Waals surface area contributed by atoms with Gasteiger partial charge in [0.15, 0.2) is 0 Å². The number of ether oxygens (including phenoxy) is 1. The molecule has 0 aliphatic rings. The molecule has 0 aliphatic heterocycles. The second kappa shape index (κ2) is 7.53. The molecule has 1 unspecified atom stereocenters. The lowest BCUT2D eigenvalue weighted by Crippen LogP contribution is -2.22. The number of nitrogens with one attached hydrogen (secondary N) is 1. The number of alkyl carbamates (subject to hydrolysis) is 1. The summed E-state index contributed by atoms with van der Waals surface area (Å²) in [6.07, 6.45) is 1.72. The van der Waals surface area contributed by atoms with E-state index >= 15 is 0 Å². The number of pyridine rings is 1. The van der Waals surface area contributed by atoms with E-state index in [0.29, 0.717) is 11.1 Å². The van der Waals surface area contributed by atoms with E-state index in [-0.39, 0.29) is 13.2 Å². The molecule has 0 saturated heterocycles. The second-order valence-electron chi connectivity index (χ2n) is 4.64. The van der Waals surface area contributed by atoms with E-state index in [0.717, 1.165) is 11.1 Å². The molecular weight excluding hydrogens is 284 g/mol. The Kier molecular flexibility index (Phi) is 5.46. The maximum Gasteiger partial charge on any atom is 0.406 e. The molecule has 2 rings (SSSR count). The van der Waals surface area contributed by atoms with Gasteiger partial charge in [-0.3, -0.25) is 4.98 Å². The zero-order valence-electron chi connectivity index (χ0n) is 12.2. The number of carbonyl (C=O) groups excluding carboxylic acids is 1. The minimum absolute atomic E-state index is 0.191. The molecule has 0 saturated carbocycles. The fourth-order valence-corrected chi connectivity index (χ4v) is 2.20. The molecule has 116 valence electrons. The maximum atomic E-state index is 11.1. The fraction of sp³-hybridized carbons (Fsp3) is 0.250. The summed E-state index contributed by atoms with van der Waals surface area (Å²) in [6.45, 7) is -0.430. The van der Waals surface area contributed by atoms with Crippen molar-refractivity contribution in [3.8, 4) is 11.1 Å². The van der Waals surface area contributed by atoms with Gasteiger partial charge in [-0.2, -0.15) is 0 Å². The first-order valence-electron chi connectivity index (χ1n) is 6.83. The lowest BCUT2D eigenvalue weighted by atomic mass is 9.94. The Morgan fingerprint density at radius 1 is 1.36 bits per heavy atom. The zero-order chi connectivity index (χ0) is 15.9. The van der Waals surface area contributed by atoms with Crippen molar-refractivity contribution in [2.24, 2.45) is 0 Å². The summed E-state index contributed by atoms with van der Waals surface area (Å²) in [5, 5.41) is 22.2. The van der Waals surface area contributed by atoms with E-state index < -0.39 is 12.2 Å². The molecule has 1 aromatic heterocycles. The van der Waals surface area contributed by atoms with E-state index in [4.69, 9.17) is 4.74 Å². The van der Waals surface area contributed by atoms with Crippen molar-refractivity contribution in [1.82, 2.24) is 10.3 Å². The maximum absolute atomic E-state index is 11.1. The summed E-state index contributed by atoms with van der Waals surface area (Å²) in [7, 11) is 1.44. The van der Waals surface area contributed by atoms with Gasteiger partial charge in [-0.05, 0) is 22.8 Å². The van der Waals surface area contributed by atoms with Crippen LogP contribution in [0.5, 0.6) is 0 Å². The molecule has 1 atom stereocenters. The third-order valence-corrected chi connectivity index (χ3v) is 3.28. The minimum atomic E-state index is -1.02. The Hall–Kier alpha value is -2.44. The Morgan fingerprint density at radius 3 is 2.82 bits per heavy atom.